The van der Waals surface area contributed by atoms with Gasteiger partial charge in [-0.25, -0.2) is 0 Å². The molecule has 10 atom stereocenters. The summed E-state index contributed by atoms with van der Waals surface area (Å²) in [4.78, 5) is 13.0. The van der Waals surface area contributed by atoms with Crippen LogP contribution < -0.4 is 14.2 Å². The molecule has 10 unspecified atom stereocenters. The van der Waals surface area contributed by atoms with Crippen molar-refractivity contribution in [3.63, 3.8) is 0 Å². The number of methoxy groups -OCH3 is 1. The van der Waals surface area contributed by atoms with E-state index < -0.39 is 86.2 Å². The Labute approximate surface area is 245 Å². The fourth-order valence-electron chi connectivity index (χ4n) is 4.56. The van der Waals surface area contributed by atoms with Gasteiger partial charge in [0, 0.05) is 12.1 Å². The summed E-state index contributed by atoms with van der Waals surface area (Å²) in [5, 5.41) is 89.3. The summed E-state index contributed by atoms with van der Waals surface area (Å²) < 4.78 is 26.9. The second kappa shape index (κ2) is 14.0. The molecule has 15 heteroatoms. The van der Waals surface area contributed by atoms with Gasteiger partial charge < -0.3 is 69.6 Å². The van der Waals surface area contributed by atoms with Crippen LogP contribution in [0.5, 0.6) is 23.0 Å². The van der Waals surface area contributed by atoms with Crippen LogP contribution in [0.15, 0.2) is 42.5 Å². The van der Waals surface area contributed by atoms with Gasteiger partial charge in [0.15, 0.2) is 5.78 Å². The molecule has 9 N–H and O–H groups in total. The van der Waals surface area contributed by atoms with Crippen LogP contribution in [-0.4, -0.2) is 133 Å². The Balaban J connectivity index is 1.43. The lowest BCUT2D eigenvalue weighted by molar-refractivity contribution is -0.277. The van der Waals surface area contributed by atoms with Gasteiger partial charge in [-0.15, -0.1) is 0 Å². The second-order valence-electron chi connectivity index (χ2n) is 9.92. The lowest BCUT2D eigenvalue weighted by Crippen LogP contribution is -2.60. The highest BCUT2D eigenvalue weighted by atomic mass is 16.7. The second-order valence-corrected chi connectivity index (χ2v) is 9.92. The fourth-order valence-corrected chi connectivity index (χ4v) is 4.56. The highest BCUT2D eigenvalue weighted by Gasteiger charge is 2.46. The maximum atomic E-state index is 13.0. The number of aliphatic hydroxyl groups excluding tert-OH is 8. The number of hydrogen-bond donors (Lipinski definition) is 9. The highest BCUT2D eigenvalue weighted by Crippen LogP contribution is 2.36. The molecule has 0 spiro atoms. The molecule has 2 heterocycles. The lowest BCUT2D eigenvalue weighted by Gasteiger charge is -2.39. The molecule has 2 fully saturated rings. The number of carbonyl (C=O) groups is 1. The van der Waals surface area contributed by atoms with E-state index in [1.165, 1.54) is 37.5 Å². The van der Waals surface area contributed by atoms with Crippen LogP contribution in [-0.2, 0) is 9.47 Å². The molecule has 2 saturated heterocycles. The summed E-state index contributed by atoms with van der Waals surface area (Å²) in [6.07, 6.45) is -12.2. The van der Waals surface area contributed by atoms with Crippen LogP contribution in [0.2, 0.25) is 0 Å². The number of ketones is 1. The summed E-state index contributed by atoms with van der Waals surface area (Å²) in [5.41, 5.74) is 0.331. The Morgan fingerprint density at radius 1 is 0.767 bits per heavy atom. The van der Waals surface area contributed by atoms with Crippen molar-refractivity contribution in [2.75, 3.05) is 20.3 Å². The van der Waals surface area contributed by atoms with Crippen LogP contribution in [0.3, 0.4) is 0 Å². The smallest absolute Gasteiger partial charge is 0.229 e. The third kappa shape index (κ3) is 7.08. The minimum atomic E-state index is -1.69. The number of hydrogen-bond acceptors (Lipinski definition) is 15. The third-order valence-electron chi connectivity index (χ3n) is 7.03. The third-order valence-corrected chi connectivity index (χ3v) is 7.03. The molecule has 2 aromatic carbocycles. The molecule has 0 aromatic heterocycles. The zero-order valence-corrected chi connectivity index (χ0v) is 22.8. The van der Waals surface area contributed by atoms with Crippen LogP contribution in [0.25, 0.3) is 6.08 Å². The van der Waals surface area contributed by atoms with E-state index in [4.69, 9.17) is 23.7 Å². The maximum Gasteiger partial charge on any atom is 0.229 e. The number of benzene rings is 2. The Bertz CT molecular complexity index is 1260. The van der Waals surface area contributed by atoms with Gasteiger partial charge in [-0.2, -0.15) is 0 Å². The van der Waals surface area contributed by atoms with Crippen molar-refractivity contribution in [2.24, 2.45) is 0 Å². The van der Waals surface area contributed by atoms with E-state index in [-0.39, 0.29) is 22.8 Å². The van der Waals surface area contributed by atoms with Crippen LogP contribution in [0.4, 0.5) is 0 Å². The first kappa shape index (κ1) is 32.6. The number of aromatic hydroxyl groups is 1. The molecule has 15 nitrogen and oxygen atoms in total. The van der Waals surface area contributed by atoms with E-state index in [0.717, 1.165) is 6.07 Å². The van der Waals surface area contributed by atoms with Crippen molar-refractivity contribution >= 4 is 11.9 Å². The van der Waals surface area contributed by atoms with E-state index in [1.54, 1.807) is 12.1 Å². The van der Waals surface area contributed by atoms with Crippen LogP contribution in [0.1, 0.15) is 15.9 Å². The molecular weight excluding hydrogens is 576 g/mol. The molecule has 2 aliphatic rings. The minimum Gasteiger partial charge on any atom is -0.507 e. The van der Waals surface area contributed by atoms with Crippen molar-refractivity contribution in [3.8, 4) is 23.0 Å². The number of ether oxygens (including phenoxy) is 5. The molecule has 4 rings (SSSR count). The van der Waals surface area contributed by atoms with Gasteiger partial charge in [0.1, 0.15) is 77.4 Å². The van der Waals surface area contributed by atoms with Gasteiger partial charge in [0.2, 0.25) is 12.6 Å². The average Bonchev–Trinajstić information content (AvgIpc) is 3.00. The number of aliphatic hydroxyl groups is 8. The van der Waals surface area contributed by atoms with Crippen molar-refractivity contribution in [3.05, 3.63) is 53.6 Å². The molecule has 0 saturated carbocycles. The van der Waals surface area contributed by atoms with E-state index in [0.29, 0.717) is 5.56 Å². The highest BCUT2D eigenvalue weighted by molar-refractivity contribution is 6.10. The molecule has 2 aliphatic heterocycles. The van der Waals surface area contributed by atoms with Crippen molar-refractivity contribution < 1.29 is 74.4 Å². The Morgan fingerprint density at radius 2 is 1.28 bits per heavy atom. The summed E-state index contributed by atoms with van der Waals surface area (Å²) in [7, 11) is 1.25. The van der Waals surface area contributed by atoms with Gasteiger partial charge in [-0.05, 0) is 23.8 Å². The standard InChI is InChI=1S/C28H34O15/c1-39-17-9-14(41-28-26(38)24(36)22(34)19(11-30)43-28)8-16(32)20(17)15(31)7-4-12-2-5-13(6-3-12)40-27-25(37)23(35)21(33)18(10-29)42-27/h2-9,18-19,21-30,32-38H,10-11H2,1H3. The van der Waals surface area contributed by atoms with Gasteiger partial charge in [-0.3, -0.25) is 4.79 Å². The maximum absolute atomic E-state index is 13.0. The lowest BCUT2D eigenvalue weighted by atomic mass is 9.99. The van der Waals surface area contributed by atoms with E-state index in [2.05, 4.69) is 0 Å². The van der Waals surface area contributed by atoms with E-state index in [1.807, 2.05) is 0 Å². The van der Waals surface area contributed by atoms with Crippen LogP contribution in [0, 0.1) is 0 Å². The minimum absolute atomic E-state index is 0.0856. The normalized spacial score (nSPS) is 32.9. The summed E-state index contributed by atoms with van der Waals surface area (Å²) in [6, 6.07) is 8.43. The Kier molecular flexibility index (Phi) is 10.6. The number of phenols is 1. The summed E-state index contributed by atoms with van der Waals surface area (Å²) in [5.74, 6) is -1.14. The average molecular weight is 611 g/mol. The first-order valence-electron chi connectivity index (χ1n) is 13.2. The topological polar surface area (TPSA) is 245 Å². The van der Waals surface area contributed by atoms with E-state index in [9.17, 15) is 50.8 Å². The summed E-state index contributed by atoms with van der Waals surface area (Å²) in [6.45, 7) is -1.26. The van der Waals surface area contributed by atoms with Gasteiger partial charge in [0.25, 0.3) is 0 Å². The molecule has 2 aromatic rings. The van der Waals surface area contributed by atoms with Gasteiger partial charge in [-0.1, -0.05) is 18.2 Å². The number of allylic oxidation sites excluding steroid dienone is 1. The first-order chi connectivity index (χ1) is 20.5. The zero-order valence-electron chi connectivity index (χ0n) is 22.8. The number of carbonyl (C=O) groups excluding carboxylic acids is 1. The van der Waals surface area contributed by atoms with E-state index >= 15 is 0 Å². The zero-order chi connectivity index (χ0) is 31.4. The molecule has 0 aliphatic carbocycles. The van der Waals surface area contributed by atoms with Crippen molar-refractivity contribution in [2.45, 2.75) is 61.4 Å². The molecule has 0 bridgehead atoms. The van der Waals surface area contributed by atoms with Gasteiger partial charge in [0.05, 0.1) is 20.3 Å². The SMILES string of the molecule is COc1cc(OC2OC(CO)C(O)C(O)C2O)cc(O)c1C(=O)C=Cc1ccc(OC2OC(CO)C(O)C(O)C2O)cc1. The van der Waals surface area contributed by atoms with Gasteiger partial charge >= 0.3 is 0 Å². The first-order valence-corrected chi connectivity index (χ1v) is 13.2. The van der Waals surface area contributed by atoms with Crippen LogP contribution >= 0.6 is 0 Å². The summed E-state index contributed by atoms with van der Waals surface area (Å²) >= 11 is 0. The largest absolute Gasteiger partial charge is 0.507 e. The fraction of sp³-hybridized carbons (Fsp3) is 0.464. The quantitative estimate of drug-likeness (QED) is 0.101. The predicted octanol–water partition coefficient (Wildman–Crippen LogP) is -2.35. The number of rotatable bonds is 10. The Morgan fingerprint density at radius 3 is 1.77 bits per heavy atom. The molecule has 236 valence electrons. The molecule has 0 amide bonds. The van der Waals surface area contributed by atoms with Crippen molar-refractivity contribution in [1.29, 1.82) is 0 Å². The number of phenolic OH excluding ortho intramolecular Hbond substituents is 1. The Hall–Kier alpha value is -3.35. The van der Waals surface area contributed by atoms with Crippen molar-refractivity contribution in [1.82, 2.24) is 0 Å². The predicted molar refractivity (Wildman–Crippen MR) is 143 cm³/mol. The molecule has 43 heavy (non-hydrogen) atoms. The monoisotopic (exact) mass is 610 g/mol. The molecular formula is C28H34O15. The molecule has 0 radical (unpaired) electrons.